The van der Waals surface area contributed by atoms with Crippen LogP contribution < -0.4 is 5.32 Å². The van der Waals surface area contributed by atoms with Gasteiger partial charge in [-0.15, -0.1) is 0 Å². The molecule has 1 saturated heterocycles. The Morgan fingerprint density at radius 3 is 2.71 bits per heavy atom. The monoisotopic (exact) mass is 382 g/mol. The first-order valence-corrected chi connectivity index (χ1v) is 10.9. The molecule has 5 nitrogen and oxygen atoms in total. The number of hydrogen-bond donors (Lipinski definition) is 1. The van der Waals surface area contributed by atoms with Crippen LogP contribution in [-0.4, -0.2) is 46.2 Å². The Bertz CT molecular complexity index is 746. The van der Waals surface area contributed by atoms with Crippen molar-refractivity contribution in [1.29, 1.82) is 0 Å². The van der Waals surface area contributed by atoms with Gasteiger partial charge >= 0.3 is 0 Å². The zero-order valence-corrected chi connectivity index (χ0v) is 17.8. The molecule has 1 amide bonds. The van der Waals surface area contributed by atoms with Gasteiger partial charge in [-0.1, -0.05) is 33.8 Å². The molecule has 5 rings (SSSR count). The maximum absolute atomic E-state index is 13.7. The van der Waals surface area contributed by atoms with Gasteiger partial charge in [0.25, 0.3) is 5.91 Å². The van der Waals surface area contributed by atoms with Crippen LogP contribution >= 0.6 is 0 Å². The van der Waals surface area contributed by atoms with E-state index in [2.05, 4.69) is 56.0 Å². The number of carbonyl (C=O) groups is 1. The summed E-state index contributed by atoms with van der Waals surface area (Å²) in [5.41, 5.74) is -0.680. The summed E-state index contributed by atoms with van der Waals surface area (Å²) in [5, 5.41) is 3.11. The number of carbonyl (C=O) groups excluding carboxylic acids is 1. The van der Waals surface area contributed by atoms with Crippen molar-refractivity contribution in [2.45, 2.75) is 65.1 Å². The van der Waals surface area contributed by atoms with E-state index in [0.717, 1.165) is 19.4 Å². The third-order valence-electron chi connectivity index (χ3n) is 7.03. The van der Waals surface area contributed by atoms with E-state index in [9.17, 15) is 4.79 Å². The topological polar surface area (TPSA) is 57.6 Å². The summed E-state index contributed by atoms with van der Waals surface area (Å²) in [7, 11) is 0. The van der Waals surface area contributed by atoms with Crippen molar-refractivity contribution in [3.63, 3.8) is 0 Å². The Morgan fingerprint density at radius 2 is 2.07 bits per heavy atom. The number of hydrogen-bond acceptors (Lipinski definition) is 4. The molecule has 0 spiro atoms. The lowest BCUT2D eigenvalue weighted by molar-refractivity contribution is -0.126. The average Bonchev–Trinajstić information content (AvgIpc) is 2.84. The molecule has 1 saturated carbocycles. The summed E-state index contributed by atoms with van der Waals surface area (Å²) in [6.45, 7) is 12.5. The van der Waals surface area contributed by atoms with Gasteiger partial charge in [-0.3, -0.25) is 14.7 Å². The van der Waals surface area contributed by atoms with E-state index in [1.165, 1.54) is 0 Å². The average molecular weight is 383 g/mol. The van der Waals surface area contributed by atoms with Crippen LogP contribution in [0.4, 0.5) is 5.82 Å². The van der Waals surface area contributed by atoms with Crippen LogP contribution in [0.5, 0.6) is 0 Å². The van der Waals surface area contributed by atoms with Gasteiger partial charge < -0.3 is 5.32 Å². The second kappa shape index (κ2) is 7.25. The molecule has 1 N–H and O–H groups in total. The highest BCUT2D eigenvalue weighted by Gasteiger charge is 2.69. The van der Waals surface area contributed by atoms with E-state index in [-0.39, 0.29) is 17.9 Å². The number of anilines is 1. The number of nitrogens with one attached hydrogen (secondary N) is 1. The Balaban J connectivity index is 1.74. The minimum absolute atomic E-state index is 0.0301. The lowest BCUT2D eigenvalue weighted by Gasteiger charge is -2.51. The first-order chi connectivity index (χ1) is 13.3. The minimum Gasteiger partial charge on any atom is -0.309 e. The fourth-order valence-electron chi connectivity index (χ4n) is 6.10. The molecule has 1 aliphatic carbocycles. The van der Waals surface area contributed by atoms with Gasteiger partial charge in [0, 0.05) is 37.0 Å². The van der Waals surface area contributed by atoms with Gasteiger partial charge in [-0.05, 0) is 55.6 Å². The normalized spacial score (nSPS) is 36.5. The molecule has 6 atom stereocenters. The van der Waals surface area contributed by atoms with E-state index >= 15 is 0 Å². The number of amides is 1. The lowest BCUT2D eigenvalue weighted by atomic mass is 9.58. The number of aromatic nitrogens is 1. The molecule has 1 aromatic rings. The molecule has 4 heterocycles. The highest BCUT2D eigenvalue weighted by molar-refractivity contribution is 6.01. The summed E-state index contributed by atoms with van der Waals surface area (Å²) < 4.78 is 0. The van der Waals surface area contributed by atoms with E-state index in [1.54, 1.807) is 6.20 Å². The molecular formula is C23H34N4O. The number of rotatable bonds is 6. The first kappa shape index (κ1) is 19.6. The summed E-state index contributed by atoms with van der Waals surface area (Å²) in [6.07, 6.45) is 6.05. The van der Waals surface area contributed by atoms with Crippen LogP contribution in [0.1, 0.15) is 47.5 Å². The predicted molar refractivity (Wildman–Crippen MR) is 113 cm³/mol. The molecule has 0 radical (unpaired) electrons. The largest absolute Gasteiger partial charge is 0.309 e. The molecular weight excluding hydrogens is 348 g/mol. The zero-order valence-electron chi connectivity index (χ0n) is 17.8. The molecule has 5 heteroatoms. The second-order valence-electron chi connectivity index (χ2n) is 9.85. The Labute approximate surface area is 169 Å². The smallest absolute Gasteiger partial charge is 0.255 e. The highest BCUT2D eigenvalue weighted by atomic mass is 16.2. The maximum atomic E-state index is 13.7. The Kier molecular flexibility index (Phi) is 5.07. The van der Waals surface area contributed by atoms with Crippen LogP contribution in [0.25, 0.3) is 0 Å². The fourth-order valence-corrected chi connectivity index (χ4v) is 6.10. The van der Waals surface area contributed by atoms with Gasteiger partial charge in [0.05, 0.1) is 0 Å². The molecule has 6 unspecified atom stereocenters. The van der Waals surface area contributed by atoms with E-state index in [1.807, 2.05) is 18.2 Å². The minimum atomic E-state index is -0.680. The fraction of sp³-hybridized carbons (Fsp3) is 0.696. The summed E-state index contributed by atoms with van der Waals surface area (Å²) in [4.78, 5) is 25.7. The van der Waals surface area contributed by atoms with Crippen molar-refractivity contribution in [3.8, 4) is 0 Å². The number of nitrogens with zero attached hydrogens (tertiary/aromatic N) is 3. The molecule has 4 bridgehead atoms. The van der Waals surface area contributed by atoms with Crippen LogP contribution in [0.2, 0.25) is 0 Å². The van der Waals surface area contributed by atoms with E-state index in [0.29, 0.717) is 35.5 Å². The van der Waals surface area contributed by atoms with Crippen LogP contribution in [0.15, 0.2) is 29.4 Å². The van der Waals surface area contributed by atoms with Gasteiger partial charge in [0.1, 0.15) is 5.82 Å². The van der Waals surface area contributed by atoms with Gasteiger partial charge in [0.15, 0.2) is 5.54 Å². The van der Waals surface area contributed by atoms with Gasteiger partial charge in [0.2, 0.25) is 0 Å². The zero-order chi connectivity index (χ0) is 20.1. The Hall–Kier alpha value is -1.75. The molecule has 4 aliphatic rings. The predicted octanol–water partition coefficient (Wildman–Crippen LogP) is 3.87. The van der Waals surface area contributed by atoms with Crippen LogP contribution in [-0.2, 0) is 4.79 Å². The number of likely N-dealkylation sites (tertiary alicyclic amines) is 1. The molecule has 3 aliphatic heterocycles. The maximum Gasteiger partial charge on any atom is 0.255 e. The highest BCUT2D eigenvalue weighted by Crippen LogP contribution is 2.57. The van der Waals surface area contributed by atoms with Crippen molar-refractivity contribution in [3.05, 3.63) is 24.4 Å². The number of aliphatic imine (C=N–C) groups is 1. The standard InChI is InChI=1S/C23H34N4O/c1-14(2)10-18-17-11-19-16(5)27(13-15(3)4)21(18)23(19,25-12-17)22(28)26-20-8-6-7-9-24-20/h6-9,12,14-19,21H,10-11,13H2,1-5H3,(H,24,26,28). The molecule has 2 fully saturated rings. The van der Waals surface area contributed by atoms with Gasteiger partial charge in [-0.25, -0.2) is 4.98 Å². The quantitative estimate of drug-likeness (QED) is 0.812. The molecule has 1 aromatic heterocycles. The van der Waals surface area contributed by atoms with Crippen molar-refractivity contribution in [2.75, 3.05) is 11.9 Å². The van der Waals surface area contributed by atoms with Crippen LogP contribution in [0.3, 0.4) is 0 Å². The van der Waals surface area contributed by atoms with Gasteiger partial charge in [-0.2, -0.15) is 0 Å². The van der Waals surface area contributed by atoms with E-state index < -0.39 is 5.54 Å². The van der Waals surface area contributed by atoms with Crippen molar-refractivity contribution in [1.82, 2.24) is 9.88 Å². The van der Waals surface area contributed by atoms with Crippen LogP contribution in [0, 0.1) is 29.6 Å². The van der Waals surface area contributed by atoms with Crippen molar-refractivity contribution in [2.24, 2.45) is 34.6 Å². The lowest BCUT2D eigenvalue weighted by Crippen LogP contribution is -2.64. The molecule has 152 valence electrons. The second-order valence-corrected chi connectivity index (χ2v) is 9.85. The SMILES string of the molecule is CC(C)CC1C2C=NC3(C(=O)Nc4ccccn4)C(C2)C(C)N(CC(C)C)C13. The Morgan fingerprint density at radius 1 is 1.29 bits per heavy atom. The summed E-state index contributed by atoms with van der Waals surface area (Å²) in [5.74, 6) is 3.10. The summed E-state index contributed by atoms with van der Waals surface area (Å²) >= 11 is 0. The van der Waals surface area contributed by atoms with Crippen molar-refractivity contribution >= 4 is 17.9 Å². The van der Waals surface area contributed by atoms with Crippen molar-refractivity contribution < 1.29 is 4.79 Å². The van der Waals surface area contributed by atoms with E-state index in [4.69, 9.17) is 4.99 Å². The summed E-state index contributed by atoms with van der Waals surface area (Å²) in [6, 6.07) is 6.19. The molecule has 28 heavy (non-hydrogen) atoms. The number of pyridine rings is 1. The first-order valence-electron chi connectivity index (χ1n) is 10.9. The third kappa shape index (κ3) is 2.99. The molecule has 0 aromatic carbocycles. The third-order valence-corrected chi connectivity index (χ3v) is 7.03.